The summed E-state index contributed by atoms with van der Waals surface area (Å²) >= 11 is 0. The van der Waals surface area contributed by atoms with Crippen molar-refractivity contribution in [1.29, 1.82) is 0 Å². The van der Waals surface area contributed by atoms with Gasteiger partial charge in [-0.2, -0.15) is 0 Å². The van der Waals surface area contributed by atoms with Gasteiger partial charge in [-0.25, -0.2) is 0 Å². The normalized spacial score (nSPS) is 33.5. The second-order valence-corrected chi connectivity index (χ2v) is 5.23. The molecule has 0 saturated heterocycles. The van der Waals surface area contributed by atoms with Crippen LogP contribution < -0.4 is 0 Å². The van der Waals surface area contributed by atoms with Crippen LogP contribution in [0.3, 0.4) is 0 Å². The van der Waals surface area contributed by atoms with E-state index in [0.717, 1.165) is 25.9 Å². The zero-order valence-corrected chi connectivity index (χ0v) is 10.9. The van der Waals surface area contributed by atoms with Gasteiger partial charge < -0.3 is 4.90 Å². The van der Waals surface area contributed by atoms with Gasteiger partial charge in [0.05, 0.1) is 5.92 Å². The van der Waals surface area contributed by atoms with Crippen molar-refractivity contribution in [1.82, 2.24) is 4.90 Å². The summed E-state index contributed by atoms with van der Waals surface area (Å²) in [6.07, 6.45) is 1.88. The van der Waals surface area contributed by atoms with Crippen LogP contribution in [0, 0.1) is 17.8 Å². The monoisotopic (exact) mass is 221 g/mol. The Morgan fingerprint density at radius 2 is 1.94 bits per heavy atom. The molecule has 2 rings (SSSR count). The standard InChI is InChI=1S/C14H23NO/c1-5-15(6-2)14-10(4)12-9(3)7-8-11(16)13(12)14/h9,12-13H,5-8H2,1-4H3/t9?,12-,13-/m0/s1. The number of hydrogen-bond donors (Lipinski definition) is 0. The van der Waals surface area contributed by atoms with E-state index in [4.69, 9.17) is 0 Å². The summed E-state index contributed by atoms with van der Waals surface area (Å²) in [4.78, 5) is 14.4. The number of allylic oxidation sites excluding steroid dienone is 2. The molecule has 0 aromatic rings. The molecule has 2 heteroatoms. The minimum Gasteiger partial charge on any atom is -0.375 e. The molecular formula is C14H23NO. The predicted molar refractivity (Wildman–Crippen MR) is 66.0 cm³/mol. The fourth-order valence-electron chi connectivity index (χ4n) is 3.56. The SMILES string of the molecule is CCN(CC)C1=C(C)[C@@H]2C(C)CCC(=O)[C@H]12. The van der Waals surface area contributed by atoms with Gasteiger partial charge >= 0.3 is 0 Å². The van der Waals surface area contributed by atoms with Crippen LogP contribution in [0.25, 0.3) is 0 Å². The Bertz CT molecular complexity index is 328. The molecule has 16 heavy (non-hydrogen) atoms. The van der Waals surface area contributed by atoms with E-state index >= 15 is 0 Å². The minimum atomic E-state index is 0.239. The maximum Gasteiger partial charge on any atom is 0.142 e. The van der Waals surface area contributed by atoms with Crippen molar-refractivity contribution in [2.45, 2.75) is 40.5 Å². The van der Waals surface area contributed by atoms with Crippen molar-refractivity contribution in [2.24, 2.45) is 17.8 Å². The van der Waals surface area contributed by atoms with E-state index in [1.807, 2.05) is 0 Å². The van der Waals surface area contributed by atoms with Crippen molar-refractivity contribution in [2.75, 3.05) is 13.1 Å². The highest BCUT2D eigenvalue weighted by molar-refractivity contribution is 5.87. The topological polar surface area (TPSA) is 20.3 Å². The van der Waals surface area contributed by atoms with Crippen LogP contribution >= 0.6 is 0 Å². The average Bonchev–Trinajstić information content (AvgIpc) is 2.28. The Morgan fingerprint density at radius 3 is 2.50 bits per heavy atom. The Morgan fingerprint density at radius 1 is 1.31 bits per heavy atom. The number of Topliss-reactive ketones (excluding diaryl/α,β-unsaturated/α-hetero) is 1. The van der Waals surface area contributed by atoms with Crippen LogP contribution in [0.2, 0.25) is 0 Å². The molecule has 0 bridgehead atoms. The third-order valence-corrected chi connectivity index (χ3v) is 4.47. The second kappa shape index (κ2) is 4.23. The molecule has 2 aliphatic rings. The molecule has 2 nitrogen and oxygen atoms in total. The van der Waals surface area contributed by atoms with Crippen molar-refractivity contribution >= 4 is 5.78 Å². The summed E-state index contributed by atoms with van der Waals surface area (Å²) in [5.74, 6) is 1.97. The quantitative estimate of drug-likeness (QED) is 0.730. The summed E-state index contributed by atoms with van der Waals surface area (Å²) in [7, 11) is 0. The number of rotatable bonds is 3. The first-order chi connectivity index (χ1) is 7.61. The summed E-state index contributed by atoms with van der Waals surface area (Å²) in [5.41, 5.74) is 2.83. The summed E-state index contributed by atoms with van der Waals surface area (Å²) in [5, 5.41) is 0. The largest absolute Gasteiger partial charge is 0.375 e. The first-order valence-corrected chi connectivity index (χ1v) is 6.60. The highest BCUT2D eigenvalue weighted by atomic mass is 16.1. The van der Waals surface area contributed by atoms with E-state index in [0.29, 0.717) is 17.6 Å². The predicted octanol–water partition coefficient (Wildman–Crippen LogP) is 2.85. The van der Waals surface area contributed by atoms with Crippen LogP contribution in [0.1, 0.15) is 40.5 Å². The Balaban J connectivity index is 2.28. The lowest BCUT2D eigenvalue weighted by Gasteiger charge is -2.50. The van der Waals surface area contributed by atoms with Gasteiger partial charge in [0, 0.05) is 25.2 Å². The molecule has 0 aliphatic heterocycles. The number of nitrogens with zero attached hydrogens (tertiary/aromatic N) is 1. The average molecular weight is 221 g/mol. The smallest absolute Gasteiger partial charge is 0.142 e. The van der Waals surface area contributed by atoms with Gasteiger partial charge in [0.2, 0.25) is 0 Å². The Kier molecular flexibility index (Phi) is 3.09. The van der Waals surface area contributed by atoms with Gasteiger partial charge in [-0.05, 0) is 44.6 Å². The van der Waals surface area contributed by atoms with Crippen LogP contribution in [-0.2, 0) is 4.79 Å². The van der Waals surface area contributed by atoms with E-state index in [-0.39, 0.29) is 5.92 Å². The molecule has 1 saturated carbocycles. The molecule has 2 aliphatic carbocycles. The van der Waals surface area contributed by atoms with Crippen molar-refractivity contribution in [3.63, 3.8) is 0 Å². The number of carbonyl (C=O) groups excluding carboxylic acids is 1. The third kappa shape index (κ3) is 1.50. The molecule has 0 aromatic heterocycles. The highest BCUT2D eigenvalue weighted by Gasteiger charge is 2.48. The summed E-state index contributed by atoms with van der Waals surface area (Å²) in [6, 6.07) is 0. The number of hydrogen-bond acceptors (Lipinski definition) is 2. The van der Waals surface area contributed by atoms with E-state index in [1.54, 1.807) is 0 Å². The lowest BCUT2D eigenvalue weighted by atomic mass is 9.59. The zero-order valence-electron chi connectivity index (χ0n) is 10.9. The lowest BCUT2D eigenvalue weighted by Crippen LogP contribution is -2.48. The van der Waals surface area contributed by atoms with E-state index in [9.17, 15) is 4.79 Å². The third-order valence-electron chi connectivity index (χ3n) is 4.47. The van der Waals surface area contributed by atoms with Gasteiger partial charge in [0.1, 0.15) is 5.78 Å². The summed E-state index contributed by atoms with van der Waals surface area (Å²) < 4.78 is 0. The van der Waals surface area contributed by atoms with Crippen LogP contribution in [0.15, 0.2) is 11.3 Å². The molecule has 90 valence electrons. The molecule has 0 radical (unpaired) electrons. The maximum atomic E-state index is 12.0. The van der Waals surface area contributed by atoms with E-state index in [2.05, 4.69) is 32.6 Å². The lowest BCUT2D eigenvalue weighted by molar-refractivity contribution is -0.128. The highest BCUT2D eigenvalue weighted by Crippen LogP contribution is 2.51. The van der Waals surface area contributed by atoms with Crippen molar-refractivity contribution < 1.29 is 4.79 Å². The van der Waals surface area contributed by atoms with Gasteiger partial charge in [-0.3, -0.25) is 4.79 Å². The Hall–Kier alpha value is -0.790. The van der Waals surface area contributed by atoms with Crippen LogP contribution in [0.4, 0.5) is 0 Å². The number of fused-ring (bicyclic) bond motifs is 1. The fraction of sp³-hybridized carbons (Fsp3) is 0.786. The first-order valence-electron chi connectivity index (χ1n) is 6.60. The minimum absolute atomic E-state index is 0.239. The Labute approximate surface area is 98.7 Å². The molecule has 0 heterocycles. The molecule has 0 spiro atoms. The molecule has 1 fully saturated rings. The van der Waals surface area contributed by atoms with E-state index < -0.39 is 0 Å². The number of ketones is 1. The first kappa shape index (κ1) is 11.7. The maximum absolute atomic E-state index is 12.0. The van der Waals surface area contributed by atoms with Crippen molar-refractivity contribution in [3.8, 4) is 0 Å². The van der Waals surface area contributed by atoms with Gasteiger partial charge in [0.15, 0.2) is 0 Å². The van der Waals surface area contributed by atoms with Gasteiger partial charge in [-0.15, -0.1) is 0 Å². The van der Waals surface area contributed by atoms with Gasteiger partial charge in [-0.1, -0.05) is 6.92 Å². The zero-order chi connectivity index (χ0) is 11.9. The molecular weight excluding hydrogens is 198 g/mol. The fourth-order valence-corrected chi connectivity index (χ4v) is 3.56. The second-order valence-electron chi connectivity index (χ2n) is 5.23. The van der Waals surface area contributed by atoms with Gasteiger partial charge in [0.25, 0.3) is 0 Å². The van der Waals surface area contributed by atoms with Crippen LogP contribution in [0.5, 0.6) is 0 Å². The van der Waals surface area contributed by atoms with E-state index in [1.165, 1.54) is 11.3 Å². The molecule has 3 atom stereocenters. The number of carbonyl (C=O) groups is 1. The molecule has 0 amide bonds. The summed E-state index contributed by atoms with van der Waals surface area (Å²) in [6.45, 7) is 10.9. The molecule has 0 aromatic carbocycles. The van der Waals surface area contributed by atoms with Crippen LogP contribution in [-0.4, -0.2) is 23.8 Å². The van der Waals surface area contributed by atoms with Crippen molar-refractivity contribution in [3.05, 3.63) is 11.3 Å². The molecule has 0 N–H and O–H groups in total. The molecule has 1 unspecified atom stereocenters.